The average Bonchev–Trinajstić information content (AvgIpc) is 2.92. The number of hydrogen-bond acceptors (Lipinski definition) is 4. The van der Waals surface area contributed by atoms with E-state index < -0.39 is 10.0 Å². The third-order valence-electron chi connectivity index (χ3n) is 2.76. The van der Waals surface area contributed by atoms with Crippen LogP contribution in [0.5, 0.6) is 0 Å². The van der Waals surface area contributed by atoms with Crippen LogP contribution in [-0.2, 0) is 16.6 Å². The molecule has 0 unspecified atom stereocenters. The molecule has 0 saturated carbocycles. The van der Waals surface area contributed by atoms with Crippen molar-refractivity contribution in [2.24, 2.45) is 0 Å². The van der Waals surface area contributed by atoms with Crippen molar-refractivity contribution in [3.63, 3.8) is 0 Å². The van der Waals surface area contributed by atoms with Crippen LogP contribution in [0.3, 0.4) is 0 Å². The van der Waals surface area contributed by atoms with Gasteiger partial charge in [0.2, 0.25) is 0 Å². The Kier molecular flexibility index (Phi) is 5.17. The maximum absolute atomic E-state index is 12.1. The van der Waals surface area contributed by atoms with Gasteiger partial charge in [0.15, 0.2) is 0 Å². The highest BCUT2D eigenvalue weighted by molar-refractivity contribution is 7.92. The van der Waals surface area contributed by atoms with Gasteiger partial charge in [-0.2, -0.15) is 11.3 Å². The van der Waals surface area contributed by atoms with Crippen molar-refractivity contribution in [2.45, 2.75) is 24.8 Å². The largest absolute Gasteiger partial charge is 0.313 e. The standard InChI is InChI=1S/C14H18N2O2S2/c1-2-8-15-10-12-3-5-14(6-4-12)20(17,18)16-13-7-9-19-11-13/h3-7,9,11,15-16H,2,8,10H2,1H3. The van der Waals surface area contributed by atoms with Gasteiger partial charge < -0.3 is 5.32 Å². The third kappa shape index (κ3) is 4.06. The van der Waals surface area contributed by atoms with E-state index >= 15 is 0 Å². The summed E-state index contributed by atoms with van der Waals surface area (Å²) in [5.41, 5.74) is 1.68. The molecule has 0 bridgehead atoms. The molecule has 108 valence electrons. The van der Waals surface area contributed by atoms with Gasteiger partial charge in [-0.3, -0.25) is 4.72 Å². The van der Waals surface area contributed by atoms with Gasteiger partial charge in [0.05, 0.1) is 10.6 Å². The molecule has 20 heavy (non-hydrogen) atoms. The minimum Gasteiger partial charge on any atom is -0.313 e. The van der Waals surface area contributed by atoms with Crippen LogP contribution in [0.4, 0.5) is 5.69 Å². The molecule has 6 heteroatoms. The molecule has 1 heterocycles. The Labute approximate surface area is 123 Å². The molecular formula is C14H18N2O2S2. The van der Waals surface area contributed by atoms with Gasteiger partial charge in [0.25, 0.3) is 10.0 Å². The maximum Gasteiger partial charge on any atom is 0.261 e. The second-order valence-corrected chi connectivity index (χ2v) is 6.90. The van der Waals surface area contributed by atoms with Gasteiger partial charge in [-0.1, -0.05) is 19.1 Å². The summed E-state index contributed by atoms with van der Waals surface area (Å²) in [5.74, 6) is 0. The van der Waals surface area contributed by atoms with E-state index in [0.717, 1.165) is 25.1 Å². The first-order valence-electron chi connectivity index (χ1n) is 6.46. The topological polar surface area (TPSA) is 58.2 Å². The van der Waals surface area contributed by atoms with E-state index in [1.165, 1.54) is 11.3 Å². The molecule has 0 amide bonds. The lowest BCUT2D eigenvalue weighted by atomic mass is 10.2. The van der Waals surface area contributed by atoms with Gasteiger partial charge >= 0.3 is 0 Å². The summed E-state index contributed by atoms with van der Waals surface area (Å²) in [4.78, 5) is 0.281. The number of benzene rings is 1. The van der Waals surface area contributed by atoms with Crippen LogP contribution in [0.15, 0.2) is 46.0 Å². The lowest BCUT2D eigenvalue weighted by Crippen LogP contribution is -2.15. The first-order valence-corrected chi connectivity index (χ1v) is 8.89. The molecule has 0 aliphatic rings. The summed E-state index contributed by atoms with van der Waals surface area (Å²) in [7, 11) is -3.49. The highest BCUT2D eigenvalue weighted by Gasteiger charge is 2.13. The van der Waals surface area contributed by atoms with Crippen LogP contribution in [0.1, 0.15) is 18.9 Å². The first kappa shape index (κ1) is 15.0. The summed E-state index contributed by atoms with van der Waals surface area (Å²) in [5, 5.41) is 6.88. The van der Waals surface area contributed by atoms with Gasteiger partial charge in [0.1, 0.15) is 0 Å². The van der Waals surface area contributed by atoms with Crippen molar-refractivity contribution in [1.82, 2.24) is 5.32 Å². The highest BCUT2D eigenvalue weighted by Crippen LogP contribution is 2.18. The van der Waals surface area contributed by atoms with Crippen molar-refractivity contribution < 1.29 is 8.42 Å². The summed E-state index contributed by atoms with van der Waals surface area (Å²) in [6.07, 6.45) is 1.08. The van der Waals surface area contributed by atoms with Crippen molar-refractivity contribution in [1.29, 1.82) is 0 Å². The highest BCUT2D eigenvalue weighted by atomic mass is 32.2. The van der Waals surface area contributed by atoms with Crippen molar-refractivity contribution in [2.75, 3.05) is 11.3 Å². The fraction of sp³-hybridized carbons (Fsp3) is 0.286. The summed E-state index contributed by atoms with van der Waals surface area (Å²) < 4.78 is 26.9. The van der Waals surface area contributed by atoms with Crippen molar-refractivity contribution >= 4 is 27.0 Å². The predicted molar refractivity (Wildman–Crippen MR) is 83.6 cm³/mol. The smallest absolute Gasteiger partial charge is 0.261 e. The van der Waals surface area contributed by atoms with E-state index in [0.29, 0.717) is 5.69 Å². The minimum atomic E-state index is -3.49. The SMILES string of the molecule is CCCNCc1ccc(S(=O)(=O)Nc2ccsc2)cc1. The Hall–Kier alpha value is -1.37. The average molecular weight is 310 g/mol. The third-order valence-corrected chi connectivity index (χ3v) is 4.84. The monoisotopic (exact) mass is 310 g/mol. The van der Waals surface area contributed by atoms with Gasteiger partial charge in [-0.25, -0.2) is 8.42 Å². The number of anilines is 1. The molecular weight excluding hydrogens is 292 g/mol. The van der Waals surface area contributed by atoms with Crippen LogP contribution in [0.25, 0.3) is 0 Å². The second-order valence-electron chi connectivity index (χ2n) is 4.44. The number of nitrogens with one attached hydrogen (secondary N) is 2. The molecule has 0 atom stereocenters. The molecule has 0 saturated heterocycles. The molecule has 0 aliphatic carbocycles. The molecule has 0 radical (unpaired) electrons. The van der Waals surface area contributed by atoms with E-state index in [-0.39, 0.29) is 4.90 Å². The number of thiophene rings is 1. The van der Waals surface area contributed by atoms with Gasteiger partial charge in [-0.15, -0.1) is 0 Å². The fourth-order valence-corrected chi connectivity index (χ4v) is 3.44. The Morgan fingerprint density at radius 3 is 2.50 bits per heavy atom. The van der Waals surface area contributed by atoms with Crippen LogP contribution in [0, 0.1) is 0 Å². The zero-order chi connectivity index (χ0) is 14.4. The van der Waals surface area contributed by atoms with Crippen LogP contribution in [0.2, 0.25) is 0 Å². The molecule has 1 aromatic carbocycles. The summed E-state index contributed by atoms with van der Waals surface area (Å²) in [6, 6.07) is 8.69. The normalized spacial score (nSPS) is 11.4. The van der Waals surface area contributed by atoms with E-state index in [2.05, 4.69) is 17.0 Å². The fourth-order valence-electron chi connectivity index (χ4n) is 1.73. The zero-order valence-corrected chi connectivity index (χ0v) is 12.9. The molecule has 2 aromatic rings. The minimum absolute atomic E-state index is 0.281. The van der Waals surface area contributed by atoms with E-state index in [1.807, 2.05) is 17.5 Å². The van der Waals surface area contributed by atoms with Crippen LogP contribution >= 0.6 is 11.3 Å². The lowest BCUT2D eigenvalue weighted by molar-refractivity contribution is 0.601. The van der Waals surface area contributed by atoms with Crippen LogP contribution in [-0.4, -0.2) is 15.0 Å². The molecule has 0 aliphatic heterocycles. The molecule has 2 rings (SSSR count). The van der Waals surface area contributed by atoms with E-state index in [9.17, 15) is 8.42 Å². The number of hydrogen-bond donors (Lipinski definition) is 2. The Morgan fingerprint density at radius 1 is 1.15 bits per heavy atom. The lowest BCUT2D eigenvalue weighted by Gasteiger charge is -2.08. The Bertz CT molecular complexity index is 620. The number of sulfonamides is 1. The van der Waals surface area contributed by atoms with Crippen molar-refractivity contribution in [3.8, 4) is 0 Å². The zero-order valence-electron chi connectivity index (χ0n) is 11.3. The van der Waals surface area contributed by atoms with Crippen molar-refractivity contribution in [3.05, 3.63) is 46.7 Å². The Balaban J connectivity index is 2.05. The van der Waals surface area contributed by atoms with Crippen LogP contribution < -0.4 is 10.0 Å². The molecule has 2 N–H and O–H groups in total. The summed E-state index contributed by atoms with van der Waals surface area (Å²) >= 11 is 1.45. The number of rotatable bonds is 7. The summed E-state index contributed by atoms with van der Waals surface area (Å²) in [6.45, 7) is 3.82. The van der Waals surface area contributed by atoms with E-state index in [4.69, 9.17) is 0 Å². The Morgan fingerprint density at radius 2 is 1.90 bits per heavy atom. The quantitative estimate of drug-likeness (QED) is 0.773. The first-order chi connectivity index (χ1) is 9.62. The molecule has 0 fully saturated rings. The van der Waals surface area contributed by atoms with E-state index in [1.54, 1.807) is 23.6 Å². The van der Waals surface area contributed by atoms with Gasteiger partial charge in [0, 0.05) is 11.9 Å². The molecule has 0 spiro atoms. The molecule has 4 nitrogen and oxygen atoms in total. The maximum atomic E-state index is 12.1. The predicted octanol–water partition coefficient (Wildman–Crippen LogP) is 3.05. The second kappa shape index (κ2) is 6.88. The van der Waals surface area contributed by atoms with Gasteiger partial charge in [-0.05, 0) is 42.1 Å². The molecule has 1 aromatic heterocycles.